The molecule has 1 aliphatic carbocycles. The van der Waals surface area contributed by atoms with E-state index in [1.807, 2.05) is 6.92 Å². The zero-order valence-corrected chi connectivity index (χ0v) is 14.1. The second-order valence-electron chi connectivity index (χ2n) is 6.39. The fraction of sp³-hybridized carbons (Fsp3) is 0.412. The van der Waals surface area contributed by atoms with Gasteiger partial charge in [-0.15, -0.1) is 0 Å². The van der Waals surface area contributed by atoms with E-state index >= 15 is 0 Å². The molecular formula is C17H17F2N5O2. The molecule has 0 unspecified atom stereocenters. The van der Waals surface area contributed by atoms with Crippen LogP contribution in [-0.2, 0) is 17.9 Å². The summed E-state index contributed by atoms with van der Waals surface area (Å²) in [6, 6.07) is 1.36. The minimum atomic E-state index is -2.71. The van der Waals surface area contributed by atoms with E-state index in [2.05, 4.69) is 15.2 Å². The Morgan fingerprint density at radius 1 is 1.42 bits per heavy atom. The molecule has 0 aliphatic heterocycles. The molecule has 9 heteroatoms. The molecule has 7 nitrogen and oxygen atoms in total. The molecule has 1 aliphatic rings. The molecule has 1 N–H and O–H groups in total. The summed E-state index contributed by atoms with van der Waals surface area (Å²) in [4.78, 5) is 15.6. The number of fused-ring (bicyclic) bond motifs is 1. The van der Waals surface area contributed by atoms with Gasteiger partial charge in [0, 0.05) is 29.8 Å². The lowest BCUT2D eigenvalue weighted by atomic mass is 10.1. The first-order valence-corrected chi connectivity index (χ1v) is 8.42. The van der Waals surface area contributed by atoms with E-state index in [-0.39, 0.29) is 22.5 Å². The number of aromatic nitrogens is 5. The summed E-state index contributed by atoms with van der Waals surface area (Å²) in [5.41, 5.74) is 1.49. The molecule has 3 heterocycles. The lowest BCUT2D eigenvalue weighted by Gasteiger charge is -2.07. The van der Waals surface area contributed by atoms with E-state index in [0.717, 1.165) is 12.8 Å². The van der Waals surface area contributed by atoms with Crippen LogP contribution in [0.25, 0.3) is 22.3 Å². The van der Waals surface area contributed by atoms with Crippen molar-refractivity contribution in [3.63, 3.8) is 0 Å². The summed E-state index contributed by atoms with van der Waals surface area (Å²) in [5, 5.41) is 17.9. The monoisotopic (exact) mass is 361 g/mol. The van der Waals surface area contributed by atoms with Gasteiger partial charge in [0.2, 0.25) is 0 Å². The van der Waals surface area contributed by atoms with Gasteiger partial charge in [-0.2, -0.15) is 10.2 Å². The molecular weight excluding hydrogens is 344 g/mol. The van der Waals surface area contributed by atoms with E-state index in [4.69, 9.17) is 5.11 Å². The second-order valence-corrected chi connectivity index (χ2v) is 6.39. The van der Waals surface area contributed by atoms with E-state index in [1.54, 1.807) is 17.1 Å². The smallest absolute Gasteiger partial charge is 0.325 e. The number of rotatable bonds is 6. The SMILES string of the molecule is CCn1cc(-c2cc(C(F)F)c3c(C4CC4)nn(CC(=O)O)c3n2)cn1. The third-order valence-corrected chi connectivity index (χ3v) is 4.50. The van der Waals surface area contributed by atoms with Crippen LogP contribution in [0.1, 0.15) is 43.4 Å². The Morgan fingerprint density at radius 2 is 2.19 bits per heavy atom. The average Bonchev–Trinajstić information content (AvgIpc) is 3.22. The Bertz CT molecular complexity index is 991. The van der Waals surface area contributed by atoms with Gasteiger partial charge in [-0.1, -0.05) is 0 Å². The maximum Gasteiger partial charge on any atom is 0.325 e. The number of aryl methyl sites for hydroxylation is 1. The quantitative estimate of drug-likeness (QED) is 0.729. The normalized spacial score (nSPS) is 14.5. The summed E-state index contributed by atoms with van der Waals surface area (Å²) in [5.74, 6) is -0.998. The number of carboxylic acid groups (broad SMARTS) is 1. The molecule has 0 spiro atoms. The van der Waals surface area contributed by atoms with Gasteiger partial charge in [0.1, 0.15) is 6.54 Å². The minimum Gasteiger partial charge on any atom is -0.480 e. The lowest BCUT2D eigenvalue weighted by Crippen LogP contribution is -2.11. The zero-order valence-electron chi connectivity index (χ0n) is 14.1. The van der Waals surface area contributed by atoms with Crippen LogP contribution in [0.5, 0.6) is 0 Å². The van der Waals surface area contributed by atoms with E-state index in [1.165, 1.54) is 10.7 Å². The van der Waals surface area contributed by atoms with Gasteiger partial charge in [-0.3, -0.25) is 9.48 Å². The Morgan fingerprint density at radius 3 is 2.77 bits per heavy atom. The highest BCUT2D eigenvalue weighted by Crippen LogP contribution is 2.45. The average molecular weight is 361 g/mol. The van der Waals surface area contributed by atoms with E-state index in [9.17, 15) is 13.6 Å². The van der Waals surface area contributed by atoms with Crippen LogP contribution < -0.4 is 0 Å². The van der Waals surface area contributed by atoms with Crippen molar-refractivity contribution in [2.24, 2.45) is 0 Å². The van der Waals surface area contributed by atoms with Gasteiger partial charge in [-0.05, 0) is 25.8 Å². The number of carboxylic acids is 1. The predicted octanol–water partition coefficient (Wildman–Crippen LogP) is 3.21. The number of halogens is 2. The molecule has 0 atom stereocenters. The predicted molar refractivity (Wildman–Crippen MR) is 89.0 cm³/mol. The maximum absolute atomic E-state index is 13.8. The minimum absolute atomic E-state index is 0.0977. The second kappa shape index (κ2) is 6.15. The molecule has 136 valence electrons. The van der Waals surface area contributed by atoms with Crippen molar-refractivity contribution in [1.29, 1.82) is 0 Å². The topological polar surface area (TPSA) is 85.8 Å². The first kappa shape index (κ1) is 16.6. The van der Waals surface area contributed by atoms with Crippen LogP contribution in [0.3, 0.4) is 0 Å². The highest BCUT2D eigenvalue weighted by atomic mass is 19.3. The van der Waals surface area contributed by atoms with E-state index in [0.29, 0.717) is 23.5 Å². The highest BCUT2D eigenvalue weighted by molar-refractivity contribution is 5.87. The van der Waals surface area contributed by atoms with Gasteiger partial charge in [0.15, 0.2) is 5.65 Å². The van der Waals surface area contributed by atoms with Gasteiger partial charge < -0.3 is 5.11 Å². The van der Waals surface area contributed by atoms with Crippen LogP contribution in [0, 0.1) is 0 Å². The summed E-state index contributed by atoms with van der Waals surface area (Å²) < 4.78 is 30.5. The first-order chi connectivity index (χ1) is 12.5. The molecule has 4 rings (SSSR count). The van der Waals surface area contributed by atoms with Crippen LogP contribution >= 0.6 is 0 Å². The third-order valence-electron chi connectivity index (χ3n) is 4.50. The number of pyridine rings is 1. The van der Waals surface area contributed by atoms with Crippen LogP contribution in [0.4, 0.5) is 8.78 Å². The summed E-state index contributed by atoms with van der Waals surface area (Å²) in [6.07, 6.45) is 2.32. The van der Waals surface area contributed by atoms with Crippen molar-refractivity contribution in [2.45, 2.75) is 45.2 Å². The van der Waals surface area contributed by atoms with E-state index < -0.39 is 18.9 Å². The molecule has 0 aromatic carbocycles. The highest BCUT2D eigenvalue weighted by Gasteiger charge is 2.33. The van der Waals surface area contributed by atoms with Crippen molar-refractivity contribution in [3.05, 3.63) is 29.7 Å². The van der Waals surface area contributed by atoms with Gasteiger partial charge in [0.25, 0.3) is 6.43 Å². The number of carbonyl (C=O) groups is 1. The summed E-state index contributed by atoms with van der Waals surface area (Å²) in [6.45, 7) is 2.14. The molecule has 0 amide bonds. The number of aliphatic carboxylic acids is 1. The zero-order chi connectivity index (χ0) is 18.4. The Kier molecular flexibility index (Phi) is 3.93. The number of hydrogen-bond acceptors (Lipinski definition) is 4. The molecule has 0 bridgehead atoms. The third kappa shape index (κ3) is 2.83. The van der Waals surface area contributed by atoms with Crippen LogP contribution in [0.15, 0.2) is 18.5 Å². The fourth-order valence-corrected chi connectivity index (χ4v) is 3.10. The number of alkyl halides is 2. The van der Waals surface area contributed by atoms with Crippen molar-refractivity contribution in [1.82, 2.24) is 24.5 Å². The van der Waals surface area contributed by atoms with Gasteiger partial charge >= 0.3 is 5.97 Å². The van der Waals surface area contributed by atoms with Crippen molar-refractivity contribution in [3.8, 4) is 11.3 Å². The maximum atomic E-state index is 13.8. The molecule has 1 saturated carbocycles. The lowest BCUT2D eigenvalue weighted by molar-refractivity contribution is -0.137. The van der Waals surface area contributed by atoms with Gasteiger partial charge in [0.05, 0.1) is 23.0 Å². The molecule has 0 radical (unpaired) electrons. The molecule has 3 aromatic rings. The first-order valence-electron chi connectivity index (χ1n) is 8.42. The molecule has 3 aromatic heterocycles. The summed E-state index contributed by atoms with van der Waals surface area (Å²) in [7, 11) is 0. The van der Waals surface area contributed by atoms with Crippen molar-refractivity contribution >= 4 is 17.0 Å². The van der Waals surface area contributed by atoms with Gasteiger partial charge in [-0.25, -0.2) is 18.4 Å². The van der Waals surface area contributed by atoms with Crippen LogP contribution in [-0.4, -0.2) is 35.6 Å². The fourth-order valence-electron chi connectivity index (χ4n) is 3.10. The number of nitrogens with zero attached hydrogens (tertiary/aromatic N) is 5. The Hall–Kier alpha value is -2.84. The van der Waals surface area contributed by atoms with Crippen molar-refractivity contribution in [2.75, 3.05) is 0 Å². The largest absolute Gasteiger partial charge is 0.480 e. The summed E-state index contributed by atoms with van der Waals surface area (Å²) >= 11 is 0. The molecule has 26 heavy (non-hydrogen) atoms. The molecule has 1 fully saturated rings. The Labute approximate surface area is 147 Å². The molecule has 0 saturated heterocycles. The van der Waals surface area contributed by atoms with Crippen molar-refractivity contribution < 1.29 is 18.7 Å². The Balaban J connectivity index is 1.96. The number of hydrogen-bond donors (Lipinski definition) is 1. The standard InChI is InChI=1S/C17H17F2N5O2/c1-2-23-7-10(6-20-23)12-5-11(16(18)19)14-15(9-3-4-9)22-24(8-13(25)26)17(14)21-12/h5-7,9,16H,2-4,8H2,1H3,(H,25,26). The van der Waals surface area contributed by atoms with Crippen LogP contribution in [0.2, 0.25) is 0 Å².